The molecule has 0 aliphatic rings. The van der Waals surface area contributed by atoms with Crippen molar-refractivity contribution in [3.8, 4) is 10.7 Å². The van der Waals surface area contributed by atoms with Crippen LogP contribution in [0.1, 0.15) is 20.9 Å². The van der Waals surface area contributed by atoms with Crippen LogP contribution in [0.15, 0.2) is 54.7 Å². The van der Waals surface area contributed by atoms with E-state index < -0.39 is 0 Å². The molecule has 0 unspecified atom stereocenters. The van der Waals surface area contributed by atoms with Gasteiger partial charge in [0, 0.05) is 16.6 Å². The molecule has 0 saturated carbocycles. The van der Waals surface area contributed by atoms with E-state index in [0.29, 0.717) is 26.6 Å². The Morgan fingerprint density at radius 3 is 2.74 bits per heavy atom. The molecule has 31 heavy (non-hydrogen) atoms. The van der Waals surface area contributed by atoms with E-state index in [0.717, 1.165) is 27.2 Å². The lowest BCUT2D eigenvalue weighted by molar-refractivity contribution is 0.103. The predicted octanol–water partition coefficient (Wildman–Crippen LogP) is 5.27. The first-order valence-corrected chi connectivity index (χ1v) is 11.4. The summed E-state index contributed by atoms with van der Waals surface area (Å²) >= 11 is 8.67. The number of hydrogen-bond donors (Lipinski definition) is 1. The van der Waals surface area contributed by atoms with Gasteiger partial charge in [0.2, 0.25) is 5.13 Å². The summed E-state index contributed by atoms with van der Waals surface area (Å²) in [7, 11) is 0. The number of carbonyl (C=O) groups is 1. The molecular weight excluding hydrogens is 452 g/mol. The van der Waals surface area contributed by atoms with Crippen LogP contribution in [0, 0.1) is 6.92 Å². The molecule has 4 heterocycles. The van der Waals surface area contributed by atoms with Gasteiger partial charge in [0.25, 0.3) is 5.91 Å². The molecule has 7 nitrogen and oxygen atoms in total. The van der Waals surface area contributed by atoms with Gasteiger partial charge in [-0.25, -0.2) is 0 Å². The smallest absolute Gasteiger partial charge is 0.267 e. The van der Waals surface area contributed by atoms with E-state index in [1.165, 1.54) is 22.7 Å². The molecule has 0 spiro atoms. The van der Waals surface area contributed by atoms with Crippen LogP contribution >= 0.6 is 34.3 Å². The summed E-state index contributed by atoms with van der Waals surface area (Å²) in [6.07, 6.45) is 1.70. The zero-order valence-electron chi connectivity index (χ0n) is 16.2. The molecule has 1 N–H and O–H groups in total. The monoisotopic (exact) mass is 466 g/mol. The summed E-state index contributed by atoms with van der Waals surface area (Å²) in [5.41, 5.74) is 2.69. The maximum atomic E-state index is 12.8. The summed E-state index contributed by atoms with van der Waals surface area (Å²) < 4.78 is 1.92. The van der Waals surface area contributed by atoms with Gasteiger partial charge in [-0.1, -0.05) is 41.1 Å². The fourth-order valence-electron chi connectivity index (χ4n) is 3.12. The van der Waals surface area contributed by atoms with E-state index in [2.05, 4.69) is 25.6 Å². The third kappa shape index (κ3) is 4.07. The fourth-order valence-corrected chi connectivity index (χ4v) is 5.02. The number of carbonyl (C=O) groups excluding carboxylic acids is 1. The lowest BCUT2D eigenvalue weighted by atomic mass is 10.2. The minimum Gasteiger partial charge on any atom is -0.296 e. The van der Waals surface area contributed by atoms with Crippen LogP contribution in [0.5, 0.6) is 0 Å². The molecule has 1 amide bonds. The third-order valence-electron chi connectivity index (χ3n) is 4.61. The van der Waals surface area contributed by atoms with Crippen molar-refractivity contribution in [1.29, 1.82) is 0 Å². The second-order valence-corrected chi connectivity index (χ2v) is 9.23. The number of nitrogens with one attached hydrogen (secondary N) is 1. The average Bonchev–Trinajstić information content (AvgIpc) is 3.48. The van der Waals surface area contributed by atoms with E-state index >= 15 is 0 Å². The number of halogens is 1. The van der Waals surface area contributed by atoms with Crippen molar-refractivity contribution in [2.75, 3.05) is 5.32 Å². The van der Waals surface area contributed by atoms with Crippen molar-refractivity contribution in [2.45, 2.75) is 13.5 Å². The zero-order chi connectivity index (χ0) is 21.4. The lowest BCUT2D eigenvalue weighted by Crippen LogP contribution is -2.09. The summed E-state index contributed by atoms with van der Waals surface area (Å²) in [6, 6.07) is 15.1. The first-order valence-electron chi connectivity index (χ1n) is 9.34. The van der Waals surface area contributed by atoms with Crippen molar-refractivity contribution >= 4 is 55.5 Å². The van der Waals surface area contributed by atoms with Crippen LogP contribution in [-0.4, -0.2) is 30.9 Å². The van der Waals surface area contributed by atoms with Crippen molar-refractivity contribution in [3.05, 3.63) is 75.9 Å². The number of nitrogens with zero attached hydrogens (tertiary/aromatic N) is 5. The second kappa shape index (κ2) is 8.18. The summed E-state index contributed by atoms with van der Waals surface area (Å²) in [4.78, 5) is 18.6. The minimum atomic E-state index is -0.220. The maximum Gasteiger partial charge on any atom is 0.267 e. The third-order valence-corrected chi connectivity index (χ3v) is 6.87. The van der Waals surface area contributed by atoms with Crippen molar-refractivity contribution < 1.29 is 4.79 Å². The number of anilines is 1. The molecule has 5 rings (SSSR count). The Morgan fingerprint density at radius 2 is 1.97 bits per heavy atom. The molecule has 5 aromatic rings. The maximum absolute atomic E-state index is 12.8. The molecule has 0 bridgehead atoms. The highest BCUT2D eigenvalue weighted by Crippen LogP contribution is 2.30. The molecule has 0 radical (unpaired) electrons. The topological polar surface area (TPSA) is 85.6 Å². The standard InChI is InChI=1S/C21H15ClN6OS2/c1-12-15-10-17(30-20(15)28(27-12)11-13-5-7-14(22)8-6-13)18(29)24-21-26-25-19(31-21)16-4-2-3-9-23-16/h2-10H,11H2,1H3,(H,24,26,29). The molecule has 0 atom stereocenters. The minimum absolute atomic E-state index is 0.220. The van der Waals surface area contributed by atoms with Gasteiger partial charge in [-0.15, -0.1) is 21.5 Å². The molecule has 0 saturated heterocycles. The lowest BCUT2D eigenvalue weighted by Gasteiger charge is -2.03. The first-order chi connectivity index (χ1) is 15.1. The van der Waals surface area contributed by atoms with Gasteiger partial charge < -0.3 is 0 Å². The number of benzene rings is 1. The molecule has 0 fully saturated rings. The van der Waals surface area contributed by atoms with Crippen LogP contribution in [0.2, 0.25) is 5.02 Å². The number of amides is 1. The number of fused-ring (bicyclic) bond motifs is 1. The van der Waals surface area contributed by atoms with Crippen LogP contribution < -0.4 is 5.32 Å². The quantitative estimate of drug-likeness (QED) is 0.381. The Kier molecular flexibility index (Phi) is 5.23. The van der Waals surface area contributed by atoms with Crippen molar-refractivity contribution in [2.24, 2.45) is 0 Å². The van der Waals surface area contributed by atoms with Crippen LogP contribution in [-0.2, 0) is 6.54 Å². The molecule has 154 valence electrons. The van der Waals surface area contributed by atoms with E-state index in [9.17, 15) is 4.79 Å². The highest BCUT2D eigenvalue weighted by Gasteiger charge is 2.18. The molecule has 0 aliphatic heterocycles. The molecular formula is C21H15ClN6OS2. The van der Waals surface area contributed by atoms with E-state index in [1.807, 2.05) is 60.1 Å². The van der Waals surface area contributed by atoms with Crippen LogP contribution in [0.3, 0.4) is 0 Å². The number of aromatic nitrogens is 5. The first kappa shape index (κ1) is 19.8. The Hall–Kier alpha value is -3.14. The van der Waals surface area contributed by atoms with Gasteiger partial charge in [-0.2, -0.15) is 5.10 Å². The van der Waals surface area contributed by atoms with Gasteiger partial charge in [0.1, 0.15) is 10.5 Å². The number of thiophene rings is 1. The Labute approximate surface area is 190 Å². The average molecular weight is 467 g/mol. The van der Waals surface area contributed by atoms with Crippen molar-refractivity contribution in [3.63, 3.8) is 0 Å². The largest absolute Gasteiger partial charge is 0.296 e. The number of hydrogen-bond acceptors (Lipinski definition) is 7. The Balaban J connectivity index is 1.37. The fraction of sp³-hybridized carbons (Fsp3) is 0.0952. The highest BCUT2D eigenvalue weighted by atomic mass is 35.5. The SMILES string of the molecule is Cc1nn(Cc2ccc(Cl)cc2)c2sc(C(=O)Nc3nnc(-c4ccccn4)s3)cc12. The highest BCUT2D eigenvalue weighted by molar-refractivity contribution is 7.21. The Bertz CT molecular complexity index is 1370. The normalized spacial score (nSPS) is 11.2. The predicted molar refractivity (Wildman–Crippen MR) is 124 cm³/mol. The number of rotatable bonds is 5. The van der Waals surface area contributed by atoms with E-state index in [-0.39, 0.29) is 5.91 Å². The molecule has 1 aromatic carbocycles. The second-order valence-electron chi connectivity index (χ2n) is 6.78. The number of pyridine rings is 1. The van der Waals surface area contributed by atoms with Gasteiger partial charge >= 0.3 is 0 Å². The molecule has 10 heteroatoms. The summed E-state index contributed by atoms with van der Waals surface area (Å²) in [5.74, 6) is -0.220. The van der Waals surface area contributed by atoms with Gasteiger partial charge in [0.15, 0.2) is 5.01 Å². The summed E-state index contributed by atoms with van der Waals surface area (Å²) in [5, 5.41) is 18.4. The van der Waals surface area contributed by atoms with Crippen LogP contribution in [0.4, 0.5) is 5.13 Å². The zero-order valence-corrected chi connectivity index (χ0v) is 18.6. The molecule has 0 aliphatic carbocycles. The Morgan fingerprint density at radius 1 is 1.13 bits per heavy atom. The van der Waals surface area contributed by atoms with Crippen molar-refractivity contribution in [1.82, 2.24) is 25.0 Å². The molecule has 4 aromatic heterocycles. The van der Waals surface area contributed by atoms with Gasteiger partial charge in [0.05, 0.1) is 17.1 Å². The number of aryl methyl sites for hydroxylation is 1. The van der Waals surface area contributed by atoms with E-state index in [1.54, 1.807) is 6.20 Å². The van der Waals surface area contributed by atoms with Gasteiger partial charge in [-0.05, 0) is 42.8 Å². The van der Waals surface area contributed by atoms with E-state index in [4.69, 9.17) is 11.6 Å². The summed E-state index contributed by atoms with van der Waals surface area (Å²) in [6.45, 7) is 2.55. The van der Waals surface area contributed by atoms with Gasteiger partial charge in [-0.3, -0.25) is 19.8 Å². The van der Waals surface area contributed by atoms with Crippen LogP contribution in [0.25, 0.3) is 20.9 Å².